The molecule has 0 aliphatic carbocycles. The zero-order chi connectivity index (χ0) is 16.5. The molecule has 0 unspecified atom stereocenters. The predicted octanol–water partition coefficient (Wildman–Crippen LogP) is -1.15. The van der Waals surface area contributed by atoms with E-state index in [-0.39, 0.29) is 0 Å². The molecule has 0 spiro atoms. The third-order valence-electron chi connectivity index (χ3n) is 2.01. The standard InChI is InChI=1S/2C6H8N2.H2O4S/c2*1-8-4-2-6(7)3-5-8;1-5(2,3)4/h2*2-5,7H,1H3;(H2,1,2,3,4). The highest BCUT2D eigenvalue weighted by atomic mass is 32.3. The Morgan fingerprint density at radius 3 is 1.14 bits per heavy atom. The van der Waals surface area contributed by atoms with Crippen LogP contribution in [0.1, 0.15) is 0 Å². The number of hydrogen-bond acceptors (Lipinski definition) is 6. The van der Waals surface area contributed by atoms with Crippen LogP contribution >= 0.6 is 0 Å². The van der Waals surface area contributed by atoms with Gasteiger partial charge >= 0.3 is 0 Å². The molecule has 4 N–H and O–H groups in total. The number of nitrogen functional groups attached to an aromatic ring is 2. The molecular formula is C12H18N4O4S. The highest BCUT2D eigenvalue weighted by molar-refractivity contribution is 7.79. The molecule has 0 aromatic carbocycles. The Labute approximate surface area is 123 Å². The summed E-state index contributed by atoms with van der Waals surface area (Å²) in [7, 11) is -1.25. The molecule has 0 saturated heterocycles. The number of pyridine rings is 2. The van der Waals surface area contributed by atoms with Gasteiger partial charge < -0.3 is 20.6 Å². The van der Waals surface area contributed by atoms with Crippen LogP contribution in [0.5, 0.6) is 0 Å². The van der Waals surface area contributed by atoms with Gasteiger partial charge in [-0.1, -0.05) is 0 Å². The predicted molar refractivity (Wildman–Crippen MR) is 74.5 cm³/mol. The molecule has 8 nitrogen and oxygen atoms in total. The van der Waals surface area contributed by atoms with Crippen LogP contribution in [0, 0.1) is 0 Å². The van der Waals surface area contributed by atoms with E-state index in [4.69, 9.17) is 29.0 Å². The summed E-state index contributed by atoms with van der Waals surface area (Å²) in [4.78, 5) is 0. The van der Waals surface area contributed by atoms with Crippen LogP contribution in [-0.4, -0.2) is 17.5 Å². The number of anilines is 2. The lowest BCUT2D eigenvalue weighted by Gasteiger charge is -2.06. The Balaban J connectivity index is 0.000000296. The first-order valence-corrected chi connectivity index (χ1v) is 6.99. The Kier molecular flexibility index (Phi) is 7.91. The molecule has 2 rings (SSSR count). The number of rotatable bonds is 0. The van der Waals surface area contributed by atoms with Gasteiger partial charge in [-0.3, -0.25) is 8.42 Å². The Hall–Kier alpha value is -2.23. The molecule has 0 bridgehead atoms. The second kappa shape index (κ2) is 8.84. The Morgan fingerprint density at radius 2 is 1.00 bits per heavy atom. The van der Waals surface area contributed by atoms with E-state index < -0.39 is 10.4 Å². The fraction of sp³-hybridized carbons (Fsp3) is 0.167. The maximum Gasteiger partial charge on any atom is 0.170 e. The minimum absolute atomic E-state index is 0.808. The highest BCUT2D eigenvalue weighted by Crippen LogP contribution is 1.92. The van der Waals surface area contributed by atoms with Crippen molar-refractivity contribution >= 4 is 21.8 Å². The largest absolute Gasteiger partial charge is 0.759 e. The third-order valence-corrected chi connectivity index (χ3v) is 2.01. The SMILES string of the molecule is C[n+]1ccc(N)cc1.C[n+]1ccc(N)cc1.O=S(=O)([O-])[O-]. The third kappa shape index (κ3) is 14.0. The van der Waals surface area contributed by atoms with E-state index in [0.717, 1.165) is 11.4 Å². The van der Waals surface area contributed by atoms with Gasteiger partial charge in [-0.15, -0.1) is 0 Å². The number of aromatic nitrogens is 2. The minimum Gasteiger partial charge on any atom is -0.759 e. The van der Waals surface area contributed by atoms with Gasteiger partial charge in [0.2, 0.25) is 0 Å². The Morgan fingerprint density at radius 1 is 0.810 bits per heavy atom. The second-order valence-corrected chi connectivity index (χ2v) is 4.82. The average molecular weight is 314 g/mol. The zero-order valence-corrected chi connectivity index (χ0v) is 12.5. The van der Waals surface area contributed by atoms with Crippen molar-refractivity contribution in [1.82, 2.24) is 0 Å². The summed E-state index contributed by atoms with van der Waals surface area (Å²) >= 11 is 0. The van der Waals surface area contributed by atoms with Crippen LogP contribution in [0.15, 0.2) is 49.1 Å². The van der Waals surface area contributed by atoms with Crippen molar-refractivity contribution in [1.29, 1.82) is 0 Å². The van der Waals surface area contributed by atoms with Gasteiger partial charge in [-0.05, 0) is 0 Å². The molecule has 2 aromatic heterocycles. The summed E-state index contributed by atoms with van der Waals surface area (Å²) in [5, 5.41) is 0. The number of nitrogens with two attached hydrogens (primary N) is 2. The lowest BCUT2D eigenvalue weighted by Crippen LogP contribution is -2.25. The summed E-state index contributed by atoms with van der Waals surface area (Å²) in [5.74, 6) is 0. The topological polar surface area (TPSA) is 140 Å². The van der Waals surface area contributed by atoms with E-state index >= 15 is 0 Å². The van der Waals surface area contributed by atoms with Gasteiger partial charge in [0.1, 0.15) is 14.1 Å². The van der Waals surface area contributed by atoms with E-state index in [9.17, 15) is 0 Å². The van der Waals surface area contributed by atoms with Crippen LogP contribution in [0.25, 0.3) is 0 Å². The minimum atomic E-state index is -5.17. The average Bonchev–Trinajstić information content (AvgIpc) is 2.35. The molecule has 0 fully saturated rings. The summed E-state index contributed by atoms with van der Waals surface area (Å²) in [6.07, 6.45) is 7.65. The molecule has 21 heavy (non-hydrogen) atoms. The van der Waals surface area contributed by atoms with Crippen molar-refractivity contribution in [3.8, 4) is 0 Å². The summed E-state index contributed by atoms with van der Waals surface area (Å²) in [6.45, 7) is 0. The van der Waals surface area contributed by atoms with Gasteiger partial charge in [0.15, 0.2) is 24.8 Å². The van der Waals surface area contributed by atoms with E-state index in [1.54, 1.807) is 0 Å². The second-order valence-electron chi connectivity index (χ2n) is 4.00. The molecule has 9 heteroatoms. The molecule has 2 aromatic rings. The molecule has 0 atom stereocenters. The quantitative estimate of drug-likeness (QED) is 0.357. The number of hydrogen-bond donors (Lipinski definition) is 2. The normalized spacial score (nSPS) is 9.71. The zero-order valence-electron chi connectivity index (χ0n) is 11.7. The van der Waals surface area contributed by atoms with Crippen LogP contribution in [0.4, 0.5) is 11.4 Å². The van der Waals surface area contributed by atoms with Gasteiger partial charge in [-0.2, -0.15) is 0 Å². The van der Waals surface area contributed by atoms with Crippen molar-refractivity contribution in [3.63, 3.8) is 0 Å². The lowest BCUT2D eigenvalue weighted by atomic mass is 10.4. The van der Waals surface area contributed by atoms with Gasteiger partial charge in [0.05, 0.1) is 0 Å². The van der Waals surface area contributed by atoms with Gasteiger partial charge in [-0.25, -0.2) is 9.13 Å². The molecule has 2 heterocycles. The molecule has 116 valence electrons. The lowest BCUT2D eigenvalue weighted by molar-refractivity contribution is -0.671. The van der Waals surface area contributed by atoms with Crippen molar-refractivity contribution in [2.24, 2.45) is 14.1 Å². The van der Waals surface area contributed by atoms with E-state index in [1.165, 1.54) is 0 Å². The highest BCUT2D eigenvalue weighted by Gasteiger charge is 1.87. The van der Waals surface area contributed by atoms with E-state index in [0.29, 0.717) is 0 Å². The summed E-state index contributed by atoms with van der Waals surface area (Å²) < 4.78 is 38.0. The van der Waals surface area contributed by atoms with E-state index in [2.05, 4.69) is 0 Å². The molecule has 0 radical (unpaired) electrons. The van der Waals surface area contributed by atoms with Gasteiger partial charge in [0, 0.05) is 46.0 Å². The number of nitrogens with zero attached hydrogens (tertiary/aromatic N) is 2. The summed E-state index contributed by atoms with van der Waals surface area (Å²) in [6, 6.07) is 7.44. The van der Waals surface area contributed by atoms with Crippen molar-refractivity contribution < 1.29 is 26.7 Å². The maximum absolute atomic E-state index is 8.52. The monoisotopic (exact) mass is 314 g/mol. The maximum atomic E-state index is 8.52. The van der Waals surface area contributed by atoms with Crippen LogP contribution < -0.4 is 20.6 Å². The summed E-state index contributed by atoms with van der Waals surface area (Å²) in [5.41, 5.74) is 12.4. The number of aryl methyl sites for hydroxylation is 2. The molecule has 0 aliphatic rings. The Bertz CT molecular complexity index is 534. The smallest absolute Gasteiger partial charge is 0.170 e. The molecule has 0 aliphatic heterocycles. The fourth-order valence-electron chi connectivity index (χ4n) is 1.03. The fourth-order valence-corrected chi connectivity index (χ4v) is 1.03. The van der Waals surface area contributed by atoms with Crippen LogP contribution in [-0.2, 0) is 24.5 Å². The molecule has 0 saturated carbocycles. The van der Waals surface area contributed by atoms with Gasteiger partial charge in [0.25, 0.3) is 0 Å². The van der Waals surface area contributed by atoms with Crippen LogP contribution in [0.2, 0.25) is 0 Å². The van der Waals surface area contributed by atoms with E-state index in [1.807, 2.05) is 72.3 Å². The van der Waals surface area contributed by atoms with Crippen molar-refractivity contribution in [3.05, 3.63) is 49.1 Å². The van der Waals surface area contributed by atoms with Crippen LogP contribution in [0.3, 0.4) is 0 Å². The molecular weight excluding hydrogens is 296 g/mol. The first-order chi connectivity index (χ1) is 9.58. The molecule has 0 amide bonds. The van der Waals surface area contributed by atoms with Crippen molar-refractivity contribution in [2.45, 2.75) is 0 Å². The first kappa shape index (κ1) is 18.8. The first-order valence-electron chi connectivity index (χ1n) is 5.66. The van der Waals surface area contributed by atoms with Crippen molar-refractivity contribution in [2.75, 3.05) is 11.5 Å².